The monoisotopic (exact) mass is 400 g/mol. The van der Waals surface area contributed by atoms with Crippen LogP contribution in [0.5, 0.6) is 0 Å². The van der Waals surface area contributed by atoms with Crippen molar-refractivity contribution in [2.24, 2.45) is 5.92 Å². The Bertz CT molecular complexity index is 861. The number of hydrogen-bond donors (Lipinski definition) is 1. The van der Waals surface area contributed by atoms with Gasteiger partial charge in [-0.3, -0.25) is 4.79 Å². The molecule has 4 fully saturated rings. The van der Waals surface area contributed by atoms with E-state index in [2.05, 4.69) is 44.6 Å². The molecule has 1 aromatic heterocycles. The number of rotatable bonds is 5. The van der Waals surface area contributed by atoms with E-state index in [0.717, 1.165) is 42.7 Å². The van der Waals surface area contributed by atoms with E-state index in [0.29, 0.717) is 17.7 Å². The maximum atomic E-state index is 12.9. The van der Waals surface area contributed by atoms with E-state index in [9.17, 15) is 4.79 Å². The Balaban J connectivity index is 1.30. The number of amides is 1. The molecule has 2 bridgehead atoms. The molecule has 0 spiro atoms. The van der Waals surface area contributed by atoms with Gasteiger partial charge in [-0.25, -0.2) is 0 Å². The fraction of sp³-hybridized carbons (Fsp3) is 0.619. The lowest BCUT2D eigenvalue weighted by Gasteiger charge is -2.44. The molecular formula is C21H28N4O2S. The normalized spacial score (nSPS) is 29.5. The topological polar surface area (TPSA) is 57.7 Å². The van der Waals surface area contributed by atoms with Gasteiger partial charge >= 0.3 is 0 Å². The van der Waals surface area contributed by atoms with Crippen molar-refractivity contribution in [3.63, 3.8) is 0 Å². The van der Waals surface area contributed by atoms with Crippen molar-refractivity contribution in [3.05, 3.63) is 23.9 Å². The van der Waals surface area contributed by atoms with E-state index in [-0.39, 0.29) is 11.9 Å². The van der Waals surface area contributed by atoms with Gasteiger partial charge in [0.1, 0.15) is 5.69 Å². The van der Waals surface area contributed by atoms with E-state index in [1.807, 2.05) is 0 Å². The lowest BCUT2D eigenvalue weighted by molar-refractivity contribution is 0.0619. The second-order valence-electron chi connectivity index (χ2n) is 8.24. The molecule has 1 amide bonds. The zero-order valence-electron chi connectivity index (χ0n) is 16.4. The van der Waals surface area contributed by atoms with Crippen LogP contribution in [0.1, 0.15) is 36.7 Å². The molecule has 7 heteroatoms. The molecule has 0 saturated carbocycles. The zero-order chi connectivity index (χ0) is 19.1. The summed E-state index contributed by atoms with van der Waals surface area (Å²) in [5.41, 5.74) is 1.78. The quantitative estimate of drug-likeness (QED) is 0.836. The third kappa shape index (κ3) is 3.40. The molecule has 1 aromatic carbocycles. The highest BCUT2D eigenvalue weighted by atomic mass is 32.1. The fourth-order valence-corrected chi connectivity index (χ4v) is 5.79. The third-order valence-electron chi connectivity index (χ3n) is 6.56. The van der Waals surface area contributed by atoms with E-state index < -0.39 is 0 Å². The molecule has 1 N–H and O–H groups in total. The molecule has 1 unspecified atom stereocenters. The summed E-state index contributed by atoms with van der Waals surface area (Å²) in [4.78, 5) is 17.7. The number of fused-ring (bicyclic) bond motifs is 4. The first-order valence-corrected chi connectivity index (χ1v) is 11.3. The average molecular weight is 401 g/mol. The van der Waals surface area contributed by atoms with Crippen molar-refractivity contribution < 1.29 is 9.53 Å². The van der Waals surface area contributed by atoms with Gasteiger partial charge < -0.3 is 19.9 Å². The summed E-state index contributed by atoms with van der Waals surface area (Å²) >= 11 is 1.42. The van der Waals surface area contributed by atoms with Gasteiger partial charge in [-0.05, 0) is 74.9 Å². The van der Waals surface area contributed by atoms with E-state index in [1.54, 1.807) is 0 Å². The van der Waals surface area contributed by atoms with E-state index in [1.165, 1.54) is 43.2 Å². The molecule has 5 heterocycles. The van der Waals surface area contributed by atoms with Crippen LogP contribution < -0.4 is 10.2 Å². The molecular weight excluding hydrogens is 372 g/mol. The first-order valence-electron chi connectivity index (χ1n) is 10.5. The number of hydrogen-bond acceptors (Lipinski definition) is 6. The summed E-state index contributed by atoms with van der Waals surface area (Å²) in [5.74, 6) is 0.606. The highest BCUT2D eigenvalue weighted by Crippen LogP contribution is 2.31. The summed E-state index contributed by atoms with van der Waals surface area (Å²) in [6, 6.07) is 6.63. The average Bonchev–Trinajstić information content (AvgIpc) is 3.35. The molecule has 150 valence electrons. The Morgan fingerprint density at radius 1 is 1.25 bits per heavy atom. The van der Waals surface area contributed by atoms with Gasteiger partial charge in [0.05, 0.1) is 10.8 Å². The number of ether oxygens (including phenoxy) is 1. The Kier molecular flexibility index (Phi) is 4.99. The highest BCUT2D eigenvalue weighted by molar-refractivity contribution is 7.13. The molecule has 4 aliphatic heterocycles. The zero-order valence-corrected chi connectivity index (χ0v) is 17.2. The lowest BCUT2D eigenvalue weighted by Crippen LogP contribution is -2.57. The minimum atomic E-state index is -0.0182. The molecule has 0 radical (unpaired) electrons. The Hall–Kier alpha value is -1.70. The molecule has 4 aliphatic rings. The number of anilines is 1. The molecule has 0 aliphatic carbocycles. The van der Waals surface area contributed by atoms with Crippen LogP contribution in [0, 0.1) is 5.92 Å². The number of piperidine rings is 3. The van der Waals surface area contributed by atoms with Gasteiger partial charge in [0.15, 0.2) is 0 Å². The largest absolute Gasteiger partial charge is 0.377 e. The minimum absolute atomic E-state index is 0.0182. The van der Waals surface area contributed by atoms with Crippen LogP contribution in [0.3, 0.4) is 0 Å². The van der Waals surface area contributed by atoms with Gasteiger partial charge in [0.25, 0.3) is 5.91 Å². The van der Waals surface area contributed by atoms with Crippen LogP contribution >= 0.6 is 11.5 Å². The number of carbonyl (C=O) groups excluding carboxylic acids is 1. The van der Waals surface area contributed by atoms with Crippen molar-refractivity contribution in [1.29, 1.82) is 0 Å². The van der Waals surface area contributed by atoms with Crippen LogP contribution in [0.2, 0.25) is 0 Å². The van der Waals surface area contributed by atoms with Gasteiger partial charge in [-0.2, -0.15) is 4.37 Å². The maximum absolute atomic E-state index is 12.9. The number of aromatic nitrogens is 1. The van der Waals surface area contributed by atoms with Crippen molar-refractivity contribution in [3.8, 4) is 0 Å². The lowest BCUT2D eigenvalue weighted by atomic mass is 9.84. The first kappa shape index (κ1) is 18.3. The summed E-state index contributed by atoms with van der Waals surface area (Å²) < 4.78 is 11.4. The van der Waals surface area contributed by atoms with Gasteiger partial charge in [0.2, 0.25) is 0 Å². The summed E-state index contributed by atoms with van der Waals surface area (Å²) in [5, 5.41) is 4.24. The van der Waals surface area contributed by atoms with Crippen molar-refractivity contribution in [2.45, 2.75) is 38.3 Å². The van der Waals surface area contributed by atoms with Crippen molar-refractivity contribution in [2.75, 3.05) is 44.2 Å². The molecule has 28 heavy (non-hydrogen) atoms. The predicted molar refractivity (Wildman–Crippen MR) is 112 cm³/mol. The number of carbonyl (C=O) groups is 1. The molecule has 6 nitrogen and oxygen atoms in total. The van der Waals surface area contributed by atoms with Crippen molar-refractivity contribution >= 4 is 33.2 Å². The minimum Gasteiger partial charge on any atom is -0.377 e. The summed E-state index contributed by atoms with van der Waals surface area (Å²) in [6.45, 7) is 8.12. The van der Waals surface area contributed by atoms with Gasteiger partial charge in [0, 0.05) is 43.4 Å². The number of nitrogens with one attached hydrogen (secondary N) is 1. The molecule has 6 rings (SSSR count). The molecule has 2 aromatic rings. The van der Waals surface area contributed by atoms with E-state index >= 15 is 0 Å². The van der Waals surface area contributed by atoms with Gasteiger partial charge in [-0.1, -0.05) is 0 Å². The fourth-order valence-electron chi connectivity index (χ4n) is 4.99. The summed E-state index contributed by atoms with van der Waals surface area (Å²) in [6.07, 6.45) is 3.79. The van der Waals surface area contributed by atoms with Gasteiger partial charge in [-0.15, -0.1) is 0 Å². The Morgan fingerprint density at radius 3 is 2.86 bits per heavy atom. The SMILES string of the molecule is CCOC1CCN(c2ccc3c(C(=O)N[C@@H]4CN5CCC4CC5)nsc3c2)C1. The van der Waals surface area contributed by atoms with Crippen LogP contribution in [0.25, 0.3) is 10.1 Å². The first-order chi connectivity index (χ1) is 13.7. The second kappa shape index (κ2) is 7.61. The number of benzene rings is 1. The Morgan fingerprint density at radius 2 is 2.11 bits per heavy atom. The summed E-state index contributed by atoms with van der Waals surface area (Å²) in [7, 11) is 0. The predicted octanol–water partition coefficient (Wildman–Crippen LogP) is 2.74. The third-order valence-corrected chi connectivity index (χ3v) is 7.36. The molecule has 4 saturated heterocycles. The van der Waals surface area contributed by atoms with E-state index in [4.69, 9.17) is 4.74 Å². The van der Waals surface area contributed by atoms with Crippen LogP contribution in [0.15, 0.2) is 18.2 Å². The maximum Gasteiger partial charge on any atom is 0.271 e. The number of nitrogens with zero attached hydrogens (tertiary/aromatic N) is 3. The highest BCUT2D eigenvalue weighted by Gasteiger charge is 2.35. The van der Waals surface area contributed by atoms with Crippen LogP contribution in [-0.2, 0) is 4.74 Å². The van der Waals surface area contributed by atoms with Crippen LogP contribution in [-0.4, -0.2) is 66.7 Å². The standard InChI is InChI=1S/C21H28N4O2S/c1-2-27-16-7-10-25(12-16)15-3-4-17-19(11-15)28-23-20(17)21(26)22-18-13-24-8-5-14(18)6-9-24/h3-4,11,14,16,18H,2,5-10,12-13H2,1H3,(H,22,26)/t16?,18-/m1/s1. The Labute approximate surface area is 170 Å². The second-order valence-corrected chi connectivity index (χ2v) is 9.05. The smallest absolute Gasteiger partial charge is 0.271 e. The molecule has 2 atom stereocenters. The van der Waals surface area contributed by atoms with Crippen LogP contribution in [0.4, 0.5) is 5.69 Å². The van der Waals surface area contributed by atoms with Crippen molar-refractivity contribution in [1.82, 2.24) is 14.6 Å².